The fourth-order valence-electron chi connectivity index (χ4n) is 11.6. The Bertz CT molecular complexity index is 3540. The van der Waals surface area contributed by atoms with Crippen LogP contribution in [0.25, 0.3) is 88.0 Å². The van der Waals surface area contributed by atoms with Crippen molar-refractivity contribution in [2.24, 2.45) is 0 Å². The molecule has 0 aliphatic heterocycles. The van der Waals surface area contributed by atoms with Gasteiger partial charge in [0.15, 0.2) is 0 Å². The first-order valence-electron chi connectivity index (χ1n) is 22.0. The molecule has 0 radical (unpaired) electrons. The fraction of sp³-hybridized carbons (Fsp3) is 0.121. The van der Waals surface area contributed by atoms with Crippen molar-refractivity contribution < 1.29 is 0 Å². The molecule has 1 spiro atoms. The first-order chi connectivity index (χ1) is 30.3. The van der Waals surface area contributed by atoms with E-state index in [0.717, 1.165) is 12.1 Å². The van der Waals surface area contributed by atoms with E-state index in [4.69, 9.17) is 4.98 Å². The number of benzene rings is 8. The number of nitrogens with zero attached hydrogens (tertiary/aromatic N) is 3. The normalized spacial score (nSPS) is 13.5. The lowest BCUT2D eigenvalue weighted by Gasteiger charge is -2.30. The van der Waals surface area contributed by atoms with E-state index in [9.17, 15) is 0 Å². The van der Waals surface area contributed by atoms with Crippen LogP contribution in [-0.4, -0.2) is 14.1 Å². The summed E-state index contributed by atoms with van der Waals surface area (Å²) in [4.78, 5) is 4.80. The van der Waals surface area contributed by atoms with Gasteiger partial charge >= 0.3 is 0 Å². The summed E-state index contributed by atoms with van der Waals surface area (Å²) in [5.74, 6) is 0. The SMILES string of the molecule is CCCCCCc1ccc(-n2c3ccccc3c3c2c2ccncc2c2c4ccccc4n(-c4ccc5c(c4)-c4ccccc4C54c5ccccc5-c5ccccc54)c23)cc1. The summed E-state index contributed by atoms with van der Waals surface area (Å²) in [6.45, 7) is 2.28. The van der Waals surface area contributed by atoms with Gasteiger partial charge in [0.25, 0.3) is 0 Å². The van der Waals surface area contributed by atoms with Gasteiger partial charge in [0.05, 0.1) is 27.5 Å². The number of rotatable bonds is 7. The van der Waals surface area contributed by atoms with Gasteiger partial charge < -0.3 is 9.13 Å². The Kier molecular flexibility index (Phi) is 7.45. The van der Waals surface area contributed by atoms with Gasteiger partial charge in [-0.2, -0.15) is 0 Å². The summed E-state index contributed by atoms with van der Waals surface area (Å²) in [6, 6.07) is 64.1. The second kappa shape index (κ2) is 13.1. The van der Waals surface area contributed by atoms with Crippen LogP contribution >= 0.6 is 0 Å². The Morgan fingerprint density at radius 3 is 1.67 bits per heavy atom. The van der Waals surface area contributed by atoms with Gasteiger partial charge in [-0.15, -0.1) is 0 Å². The summed E-state index contributed by atoms with van der Waals surface area (Å²) < 4.78 is 5.06. The van der Waals surface area contributed by atoms with Crippen molar-refractivity contribution in [3.05, 3.63) is 210 Å². The number of para-hydroxylation sites is 2. The summed E-state index contributed by atoms with van der Waals surface area (Å²) in [5, 5.41) is 7.37. The average Bonchev–Trinajstić information content (AvgIpc) is 4.03. The molecule has 0 saturated heterocycles. The second-order valence-corrected chi connectivity index (χ2v) is 17.2. The first-order valence-corrected chi connectivity index (χ1v) is 22.0. The first kappa shape index (κ1) is 34.6. The van der Waals surface area contributed by atoms with Gasteiger partial charge in [0.2, 0.25) is 0 Å². The van der Waals surface area contributed by atoms with Gasteiger partial charge in [-0.1, -0.05) is 154 Å². The molecule has 290 valence electrons. The van der Waals surface area contributed by atoms with Crippen molar-refractivity contribution in [3.8, 4) is 33.6 Å². The van der Waals surface area contributed by atoms with Crippen molar-refractivity contribution >= 4 is 54.4 Å². The van der Waals surface area contributed by atoms with E-state index >= 15 is 0 Å². The fourth-order valence-corrected chi connectivity index (χ4v) is 11.6. The van der Waals surface area contributed by atoms with Gasteiger partial charge in [-0.05, 0) is 105 Å². The maximum atomic E-state index is 4.80. The van der Waals surface area contributed by atoms with Crippen LogP contribution < -0.4 is 0 Å². The van der Waals surface area contributed by atoms with Gasteiger partial charge in [-0.3, -0.25) is 4.98 Å². The lowest BCUT2D eigenvalue weighted by Crippen LogP contribution is -2.25. The van der Waals surface area contributed by atoms with Crippen LogP contribution in [0.3, 0.4) is 0 Å². The van der Waals surface area contributed by atoms with Crippen molar-refractivity contribution in [3.63, 3.8) is 0 Å². The quantitative estimate of drug-likeness (QED) is 0.148. The van der Waals surface area contributed by atoms with Crippen LogP contribution in [0.1, 0.15) is 60.4 Å². The van der Waals surface area contributed by atoms with E-state index < -0.39 is 0 Å². The molecular formula is C58H43N3. The third-order valence-electron chi connectivity index (χ3n) is 14.1. The molecule has 8 aromatic carbocycles. The van der Waals surface area contributed by atoms with Crippen LogP contribution in [-0.2, 0) is 11.8 Å². The molecule has 0 atom stereocenters. The molecule has 0 unspecified atom stereocenters. The largest absolute Gasteiger partial charge is 0.309 e. The Balaban J connectivity index is 1.12. The number of unbranched alkanes of at least 4 members (excludes halogenated alkanes) is 3. The molecule has 13 rings (SSSR count). The lowest BCUT2D eigenvalue weighted by molar-refractivity contribution is 0.667. The van der Waals surface area contributed by atoms with E-state index in [1.54, 1.807) is 0 Å². The Labute approximate surface area is 355 Å². The van der Waals surface area contributed by atoms with Gasteiger partial charge in [0, 0.05) is 56.1 Å². The number of hydrogen-bond acceptors (Lipinski definition) is 1. The van der Waals surface area contributed by atoms with Crippen molar-refractivity contribution in [1.82, 2.24) is 14.1 Å². The molecule has 0 N–H and O–H groups in total. The Morgan fingerprint density at radius 1 is 0.443 bits per heavy atom. The molecule has 2 aliphatic rings. The topological polar surface area (TPSA) is 22.8 Å². The zero-order valence-corrected chi connectivity index (χ0v) is 34.2. The standard InChI is InChI=1S/C58H43N3/c1-2-3-4-5-16-37-27-29-38(30-28-37)60-53-26-15-10-21-45(53)55-56(60)43-33-34-59-36-47(43)54-44-20-9-14-25-52(44)61(57(54)55)39-31-32-51-46(35-39)42-19-8-13-24-50(42)58(51)48-22-11-6-17-40(48)41-18-7-12-23-49(41)58/h6-15,17-36H,2-5,16H2,1H3. The highest BCUT2D eigenvalue weighted by molar-refractivity contribution is 6.36. The zero-order valence-electron chi connectivity index (χ0n) is 34.2. The second-order valence-electron chi connectivity index (χ2n) is 17.2. The third-order valence-corrected chi connectivity index (χ3v) is 14.1. The van der Waals surface area contributed by atoms with Crippen molar-refractivity contribution in [1.29, 1.82) is 0 Å². The summed E-state index contributed by atoms with van der Waals surface area (Å²) in [7, 11) is 0. The van der Waals surface area contributed by atoms with Gasteiger partial charge in [0.1, 0.15) is 0 Å². The van der Waals surface area contributed by atoms with E-state index in [0.29, 0.717) is 0 Å². The zero-order chi connectivity index (χ0) is 40.2. The molecule has 0 amide bonds. The molecule has 0 saturated carbocycles. The molecule has 0 fully saturated rings. The summed E-state index contributed by atoms with van der Waals surface area (Å²) in [6.07, 6.45) is 10.2. The van der Waals surface area contributed by atoms with Crippen LogP contribution in [0, 0.1) is 0 Å². The van der Waals surface area contributed by atoms with Crippen LogP contribution in [0.15, 0.2) is 182 Å². The number of pyridine rings is 1. The highest BCUT2D eigenvalue weighted by atomic mass is 15.0. The number of aryl methyl sites for hydroxylation is 1. The van der Waals surface area contributed by atoms with E-state index in [1.165, 1.54) is 136 Å². The van der Waals surface area contributed by atoms with Crippen molar-refractivity contribution in [2.45, 2.75) is 44.4 Å². The molecule has 2 aliphatic carbocycles. The average molecular weight is 782 g/mol. The smallest absolute Gasteiger partial charge is 0.0725 e. The number of aromatic nitrogens is 3. The molecular weight excluding hydrogens is 739 g/mol. The summed E-state index contributed by atoms with van der Waals surface area (Å²) >= 11 is 0. The minimum atomic E-state index is -0.383. The van der Waals surface area contributed by atoms with Crippen molar-refractivity contribution in [2.75, 3.05) is 0 Å². The Morgan fingerprint density at radius 2 is 1.00 bits per heavy atom. The Hall–Kier alpha value is -7.23. The molecule has 0 bridgehead atoms. The van der Waals surface area contributed by atoms with Crippen LogP contribution in [0.2, 0.25) is 0 Å². The molecule has 11 aromatic rings. The lowest BCUT2D eigenvalue weighted by atomic mass is 9.70. The molecule has 3 nitrogen and oxygen atoms in total. The maximum absolute atomic E-state index is 4.80. The molecule has 3 aromatic heterocycles. The van der Waals surface area contributed by atoms with Gasteiger partial charge in [-0.25, -0.2) is 0 Å². The molecule has 61 heavy (non-hydrogen) atoms. The number of fused-ring (bicyclic) bond motifs is 20. The minimum Gasteiger partial charge on any atom is -0.309 e. The van der Waals surface area contributed by atoms with E-state index in [1.807, 2.05) is 6.20 Å². The molecule has 3 heteroatoms. The maximum Gasteiger partial charge on any atom is 0.0725 e. The van der Waals surface area contributed by atoms with Crippen LogP contribution in [0.5, 0.6) is 0 Å². The predicted molar refractivity (Wildman–Crippen MR) is 255 cm³/mol. The number of hydrogen-bond donors (Lipinski definition) is 0. The predicted octanol–water partition coefficient (Wildman–Crippen LogP) is 14.9. The monoisotopic (exact) mass is 781 g/mol. The van der Waals surface area contributed by atoms with E-state index in [2.05, 4.69) is 192 Å². The molecule has 3 heterocycles. The minimum absolute atomic E-state index is 0.383. The summed E-state index contributed by atoms with van der Waals surface area (Å²) in [5.41, 5.74) is 18.9. The highest BCUT2D eigenvalue weighted by Gasteiger charge is 2.51. The highest BCUT2D eigenvalue weighted by Crippen LogP contribution is 2.63. The third kappa shape index (κ3) is 4.61. The van der Waals surface area contributed by atoms with E-state index in [-0.39, 0.29) is 5.41 Å². The van der Waals surface area contributed by atoms with Crippen LogP contribution in [0.4, 0.5) is 0 Å².